The van der Waals surface area contributed by atoms with Crippen molar-refractivity contribution in [1.29, 1.82) is 0 Å². The van der Waals surface area contributed by atoms with Crippen LogP contribution in [-0.4, -0.2) is 46.8 Å². The zero-order chi connectivity index (χ0) is 15.2. The summed E-state index contributed by atoms with van der Waals surface area (Å²) < 4.78 is 0. The second kappa shape index (κ2) is 7.31. The molecule has 0 unspecified atom stereocenters. The molecule has 0 aromatic carbocycles. The highest BCUT2D eigenvalue weighted by Gasteiger charge is 2.11. The van der Waals surface area contributed by atoms with E-state index >= 15 is 0 Å². The van der Waals surface area contributed by atoms with E-state index < -0.39 is 0 Å². The minimum absolute atomic E-state index is 0.845. The van der Waals surface area contributed by atoms with Gasteiger partial charge in [-0.3, -0.25) is 0 Å². The molecule has 1 saturated heterocycles. The van der Waals surface area contributed by atoms with Crippen LogP contribution < -0.4 is 5.32 Å². The van der Waals surface area contributed by atoms with Crippen LogP contribution in [0.5, 0.6) is 0 Å². The van der Waals surface area contributed by atoms with Gasteiger partial charge in [-0.05, 0) is 46.7 Å². The molecule has 1 aliphatic rings. The van der Waals surface area contributed by atoms with Crippen LogP contribution in [0.15, 0.2) is 23.6 Å². The Hall–Kier alpha value is -1.75. The first kappa shape index (κ1) is 15.6. The van der Waals surface area contributed by atoms with Gasteiger partial charge in [0.05, 0.1) is 17.1 Å². The normalized spacial score (nSPS) is 16.2. The molecule has 0 radical (unpaired) electrons. The number of nitrogens with one attached hydrogen (secondary N) is 1. The molecule has 0 spiro atoms. The molecule has 1 N–H and O–H groups in total. The lowest BCUT2D eigenvalue weighted by molar-refractivity contribution is 0.341. The van der Waals surface area contributed by atoms with Gasteiger partial charge >= 0.3 is 0 Å². The Morgan fingerprint density at radius 1 is 1.29 bits per heavy atom. The zero-order valence-corrected chi connectivity index (χ0v) is 13.3. The van der Waals surface area contributed by atoms with E-state index in [9.17, 15) is 0 Å². The van der Waals surface area contributed by atoms with Crippen molar-refractivity contribution in [3.05, 3.63) is 30.0 Å². The Morgan fingerprint density at radius 2 is 1.90 bits per heavy atom. The Bertz CT molecular complexity index is 509. The van der Waals surface area contributed by atoms with Gasteiger partial charge in [-0.1, -0.05) is 6.58 Å². The number of hydrogen-bond acceptors (Lipinski definition) is 5. The van der Waals surface area contributed by atoms with E-state index in [0.29, 0.717) is 0 Å². The van der Waals surface area contributed by atoms with Crippen LogP contribution in [0.2, 0.25) is 0 Å². The molecular formula is C16H25N5. The van der Waals surface area contributed by atoms with E-state index in [1.165, 1.54) is 25.9 Å². The van der Waals surface area contributed by atoms with Gasteiger partial charge in [0.2, 0.25) is 0 Å². The predicted octanol–water partition coefficient (Wildman–Crippen LogP) is 2.38. The maximum atomic E-state index is 4.62. The SMILES string of the molecule is C=C(NCCN1CCCC1)C(C)=Nc1c(C)ncnc1C. The highest BCUT2D eigenvalue weighted by atomic mass is 15.1. The highest BCUT2D eigenvalue weighted by molar-refractivity contribution is 5.98. The molecule has 114 valence electrons. The Morgan fingerprint density at radius 3 is 2.52 bits per heavy atom. The van der Waals surface area contributed by atoms with Crippen molar-refractivity contribution in [2.45, 2.75) is 33.6 Å². The van der Waals surface area contributed by atoms with Crippen molar-refractivity contribution < 1.29 is 0 Å². The van der Waals surface area contributed by atoms with Crippen molar-refractivity contribution in [1.82, 2.24) is 20.2 Å². The lowest BCUT2D eigenvalue weighted by Gasteiger charge is -2.16. The Balaban J connectivity index is 1.90. The van der Waals surface area contributed by atoms with Crippen LogP contribution in [0.3, 0.4) is 0 Å². The second-order valence-corrected chi connectivity index (χ2v) is 5.54. The maximum Gasteiger partial charge on any atom is 0.116 e. The number of nitrogens with zero attached hydrogens (tertiary/aromatic N) is 4. The number of aryl methyl sites for hydroxylation is 2. The molecule has 0 saturated carbocycles. The minimum Gasteiger partial charge on any atom is -0.383 e. The molecule has 1 fully saturated rings. The first-order valence-electron chi connectivity index (χ1n) is 7.57. The number of allylic oxidation sites excluding steroid dienone is 1. The summed E-state index contributed by atoms with van der Waals surface area (Å²) in [5, 5.41) is 3.36. The maximum absolute atomic E-state index is 4.62. The molecule has 5 heteroatoms. The van der Waals surface area contributed by atoms with Crippen molar-refractivity contribution in [2.75, 3.05) is 26.2 Å². The minimum atomic E-state index is 0.845. The van der Waals surface area contributed by atoms with Crippen LogP contribution in [0.25, 0.3) is 0 Å². The van der Waals surface area contributed by atoms with Gasteiger partial charge in [-0.2, -0.15) is 0 Å². The van der Waals surface area contributed by atoms with Crippen LogP contribution in [-0.2, 0) is 0 Å². The Kier molecular flexibility index (Phi) is 5.44. The number of aromatic nitrogens is 2. The fourth-order valence-corrected chi connectivity index (χ4v) is 2.48. The van der Waals surface area contributed by atoms with Gasteiger partial charge < -0.3 is 10.2 Å². The van der Waals surface area contributed by atoms with Crippen LogP contribution in [0.4, 0.5) is 5.69 Å². The van der Waals surface area contributed by atoms with Gasteiger partial charge in [-0.25, -0.2) is 15.0 Å². The molecule has 2 rings (SSSR count). The fraction of sp³-hybridized carbons (Fsp3) is 0.562. The molecule has 1 aromatic rings. The summed E-state index contributed by atoms with van der Waals surface area (Å²) in [6.07, 6.45) is 4.23. The Labute approximate surface area is 127 Å². The van der Waals surface area contributed by atoms with Crippen molar-refractivity contribution in [2.24, 2.45) is 4.99 Å². The molecule has 1 aliphatic heterocycles. The quantitative estimate of drug-likeness (QED) is 0.816. The third kappa shape index (κ3) is 4.36. The average molecular weight is 287 g/mol. The summed E-state index contributed by atoms with van der Waals surface area (Å²) in [4.78, 5) is 15.5. The zero-order valence-electron chi connectivity index (χ0n) is 13.3. The van der Waals surface area contributed by atoms with Crippen molar-refractivity contribution in [3.8, 4) is 0 Å². The number of rotatable bonds is 6. The summed E-state index contributed by atoms with van der Waals surface area (Å²) in [6.45, 7) is 14.4. The molecule has 2 heterocycles. The smallest absolute Gasteiger partial charge is 0.116 e. The monoisotopic (exact) mass is 287 g/mol. The molecule has 1 aromatic heterocycles. The molecule has 0 bridgehead atoms. The van der Waals surface area contributed by atoms with Crippen LogP contribution in [0.1, 0.15) is 31.2 Å². The summed E-state index contributed by atoms with van der Waals surface area (Å²) in [5.41, 5.74) is 4.39. The van der Waals surface area contributed by atoms with Gasteiger partial charge in [0, 0.05) is 18.8 Å². The lowest BCUT2D eigenvalue weighted by Crippen LogP contribution is -2.30. The third-order valence-electron chi connectivity index (χ3n) is 3.87. The largest absolute Gasteiger partial charge is 0.383 e. The lowest BCUT2D eigenvalue weighted by atomic mass is 10.2. The van der Waals surface area contributed by atoms with Gasteiger partial charge in [0.25, 0.3) is 0 Å². The first-order chi connectivity index (χ1) is 10.1. The molecule has 0 aliphatic carbocycles. The summed E-state index contributed by atoms with van der Waals surface area (Å²) >= 11 is 0. The van der Waals surface area contributed by atoms with Crippen LogP contribution >= 0.6 is 0 Å². The fourth-order valence-electron chi connectivity index (χ4n) is 2.48. The average Bonchev–Trinajstić information content (AvgIpc) is 2.96. The number of aliphatic imine (C=N–C) groups is 1. The van der Waals surface area contributed by atoms with E-state index in [1.54, 1.807) is 6.33 Å². The van der Waals surface area contributed by atoms with Crippen LogP contribution in [0, 0.1) is 13.8 Å². The first-order valence-corrected chi connectivity index (χ1v) is 7.57. The standard InChI is InChI=1S/C16H25N5/c1-12(17-7-10-21-8-5-6-9-21)13(2)20-16-14(3)18-11-19-15(16)4/h11,17H,1,5-10H2,2-4H3. The van der Waals surface area contributed by atoms with Crippen molar-refractivity contribution >= 4 is 11.4 Å². The van der Waals surface area contributed by atoms with E-state index in [1.807, 2.05) is 20.8 Å². The summed E-state index contributed by atoms with van der Waals surface area (Å²) in [6, 6.07) is 0. The molecule has 0 atom stereocenters. The van der Waals surface area contributed by atoms with E-state index in [0.717, 1.165) is 41.6 Å². The van der Waals surface area contributed by atoms with Gasteiger partial charge in [-0.15, -0.1) is 0 Å². The molecular weight excluding hydrogens is 262 g/mol. The summed E-state index contributed by atoms with van der Waals surface area (Å²) in [5.74, 6) is 0. The van der Waals surface area contributed by atoms with Crippen molar-refractivity contribution in [3.63, 3.8) is 0 Å². The summed E-state index contributed by atoms with van der Waals surface area (Å²) in [7, 11) is 0. The molecule has 5 nitrogen and oxygen atoms in total. The third-order valence-corrected chi connectivity index (χ3v) is 3.87. The highest BCUT2D eigenvalue weighted by Crippen LogP contribution is 2.19. The van der Waals surface area contributed by atoms with Gasteiger partial charge in [0.1, 0.15) is 12.0 Å². The molecule has 21 heavy (non-hydrogen) atoms. The number of hydrogen-bond donors (Lipinski definition) is 1. The topological polar surface area (TPSA) is 53.4 Å². The number of likely N-dealkylation sites (tertiary alicyclic amines) is 1. The predicted molar refractivity (Wildman–Crippen MR) is 87.1 cm³/mol. The molecule has 0 amide bonds. The second-order valence-electron chi connectivity index (χ2n) is 5.54. The van der Waals surface area contributed by atoms with E-state index in [-0.39, 0.29) is 0 Å². The van der Waals surface area contributed by atoms with E-state index in [2.05, 4.69) is 31.8 Å². The van der Waals surface area contributed by atoms with E-state index in [4.69, 9.17) is 0 Å². The van der Waals surface area contributed by atoms with Gasteiger partial charge in [0.15, 0.2) is 0 Å².